The molecule has 0 atom stereocenters. The Labute approximate surface area is 113 Å². The van der Waals surface area contributed by atoms with Crippen LogP contribution in [0.4, 0.5) is 0 Å². The number of nitrogens with two attached hydrogens (primary N) is 1. The maximum Gasteiger partial charge on any atom is 0.234 e. The van der Waals surface area contributed by atoms with Gasteiger partial charge in [0.15, 0.2) is 0 Å². The Morgan fingerprint density at radius 2 is 2.05 bits per heavy atom. The van der Waals surface area contributed by atoms with Crippen LogP contribution in [0.15, 0.2) is 0 Å². The highest BCUT2D eigenvalue weighted by Gasteiger charge is 2.23. The third-order valence-corrected chi connectivity index (χ3v) is 3.16. The van der Waals surface area contributed by atoms with E-state index in [0.717, 1.165) is 25.9 Å². The first-order chi connectivity index (χ1) is 9.13. The van der Waals surface area contributed by atoms with E-state index >= 15 is 0 Å². The van der Waals surface area contributed by atoms with Crippen molar-refractivity contribution in [2.24, 2.45) is 5.73 Å². The summed E-state index contributed by atoms with van der Waals surface area (Å²) >= 11 is 0. The van der Waals surface area contributed by atoms with E-state index in [0.29, 0.717) is 13.2 Å². The monoisotopic (exact) mass is 272 g/mol. The molecule has 0 aromatic rings. The molecule has 0 aromatic carbocycles. The van der Waals surface area contributed by atoms with Crippen molar-refractivity contribution in [2.45, 2.75) is 18.9 Å². The first kappa shape index (κ1) is 15.9. The van der Waals surface area contributed by atoms with E-state index in [9.17, 15) is 9.59 Å². The molecule has 1 aliphatic rings. The van der Waals surface area contributed by atoms with Gasteiger partial charge in [0.05, 0.1) is 19.7 Å². The van der Waals surface area contributed by atoms with Crippen LogP contribution in [0, 0.1) is 0 Å². The Hall–Kier alpha value is -1.18. The average molecular weight is 272 g/mol. The minimum atomic E-state index is -0.400. The van der Waals surface area contributed by atoms with Crippen LogP contribution in [0.2, 0.25) is 0 Å². The Morgan fingerprint density at radius 3 is 2.63 bits per heavy atom. The Balaban J connectivity index is 2.43. The predicted molar refractivity (Wildman–Crippen MR) is 71.5 cm³/mol. The van der Waals surface area contributed by atoms with Gasteiger partial charge in [0.2, 0.25) is 11.8 Å². The van der Waals surface area contributed by atoms with E-state index in [1.165, 1.54) is 0 Å². The van der Waals surface area contributed by atoms with Crippen molar-refractivity contribution in [3.8, 4) is 0 Å². The molecular formula is C12H24N4O3. The van der Waals surface area contributed by atoms with Gasteiger partial charge in [-0.2, -0.15) is 0 Å². The van der Waals surface area contributed by atoms with Crippen molar-refractivity contribution >= 4 is 11.8 Å². The SMILES string of the molecule is COCCNC(=O)CN(CC(N)=O)C1CCNCC1. The van der Waals surface area contributed by atoms with Crippen LogP contribution in [0.3, 0.4) is 0 Å². The second-order valence-corrected chi connectivity index (χ2v) is 4.70. The molecule has 0 radical (unpaired) electrons. The second-order valence-electron chi connectivity index (χ2n) is 4.70. The van der Waals surface area contributed by atoms with E-state index in [1.807, 2.05) is 4.90 Å². The first-order valence-corrected chi connectivity index (χ1v) is 6.62. The molecule has 1 heterocycles. The average Bonchev–Trinajstić information content (AvgIpc) is 2.39. The molecule has 0 unspecified atom stereocenters. The summed E-state index contributed by atoms with van der Waals surface area (Å²) in [5.41, 5.74) is 5.25. The predicted octanol–water partition coefficient (Wildman–Crippen LogP) is -1.71. The van der Waals surface area contributed by atoms with Gasteiger partial charge in [-0.3, -0.25) is 14.5 Å². The summed E-state index contributed by atoms with van der Waals surface area (Å²) in [4.78, 5) is 24.8. The fourth-order valence-electron chi connectivity index (χ4n) is 2.22. The van der Waals surface area contributed by atoms with Crippen LogP contribution < -0.4 is 16.4 Å². The topological polar surface area (TPSA) is 96.7 Å². The number of hydrogen-bond donors (Lipinski definition) is 3. The molecule has 19 heavy (non-hydrogen) atoms. The zero-order valence-corrected chi connectivity index (χ0v) is 11.5. The highest BCUT2D eigenvalue weighted by molar-refractivity contribution is 5.80. The number of methoxy groups -OCH3 is 1. The lowest BCUT2D eigenvalue weighted by molar-refractivity contribution is -0.125. The van der Waals surface area contributed by atoms with E-state index in [2.05, 4.69) is 10.6 Å². The summed E-state index contributed by atoms with van der Waals surface area (Å²) in [6.45, 7) is 3.11. The quantitative estimate of drug-likeness (QED) is 0.457. The molecular weight excluding hydrogens is 248 g/mol. The molecule has 1 saturated heterocycles. The van der Waals surface area contributed by atoms with Gasteiger partial charge in [0.1, 0.15) is 0 Å². The Morgan fingerprint density at radius 1 is 1.37 bits per heavy atom. The number of amides is 2. The zero-order chi connectivity index (χ0) is 14.1. The molecule has 1 aliphatic heterocycles. The fourth-order valence-corrected chi connectivity index (χ4v) is 2.22. The molecule has 1 rings (SSSR count). The molecule has 110 valence electrons. The summed E-state index contributed by atoms with van der Waals surface area (Å²) in [6, 6.07) is 0.238. The van der Waals surface area contributed by atoms with Crippen molar-refractivity contribution in [1.82, 2.24) is 15.5 Å². The van der Waals surface area contributed by atoms with Crippen LogP contribution in [-0.4, -0.2) is 69.2 Å². The van der Waals surface area contributed by atoms with Crippen LogP contribution in [0.5, 0.6) is 0 Å². The van der Waals surface area contributed by atoms with E-state index in [1.54, 1.807) is 7.11 Å². The minimum Gasteiger partial charge on any atom is -0.383 e. The number of hydrogen-bond acceptors (Lipinski definition) is 5. The van der Waals surface area contributed by atoms with Gasteiger partial charge in [-0.25, -0.2) is 0 Å². The number of carbonyl (C=O) groups is 2. The third-order valence-electron chi connectivity index (χ3n) is 3.16. The maximum absolute atomic E-state index is 11.8. The molecule has 0 aliphatic carbocycles. The van der Waals surface area contributed by atoms with Gasteiger partial charge in [-0.1, -0.05) is 0 Å². The lowest BCUT2D eigenvalue weighted by Crippen LogP contribution is -2.50. The number of carbonyl (C=O) groups excluding carboxylic acids is 2. The summed E-state index contributed by atoms with van der Waals surface area (Å²) in [7, 11) is 1.58. The van der Waals surface area contributed by atoms with Crippen molar-refractivity contribution in [3.63, 3.8) is 0 Å². The molecule has 0 bridgehead atoms. The van der Waals surface area contributed by atoms with Crippen LogP contribution in [0.1, 0.15) is 12.8 Å². The molecule has 7 heteroatoms. The van der Waals surface area contributed by atoms with Crippen molar-refractivity contribution in [1.29, 1.82) is 0 Å². The number of nitrogens with one attached hydrogen (secondary N) is 2. The fraction of sp³-hybridized carbons (Fsp3) is 0.833. The number of piperidine rings is 1. The van der Waals surface area contributed by atoms with E-state index in [4.69, 9.17) is 10.5 Å². The Bertz CT molecular complexity index is 293. The standard InChI is InChI=1S/C12H24N4O3/c1-19-7-6-15-12(18)9-16(8-11(13)17)10-2-4-14-5-3-10/h10,14H,2-9H2,1H3,(H2,13,17)(H,15,18). The number of ether oxygens (including phenoxy) is 1. The lowest BCUT2D eigenvalue weighted by Gasteiger charge is -2.33. The molecule has 2 amide bonds. The summed E-state index contributed by atoms with van der Waals surface area (Å²) in [6.07, 6.45) is 1.86. The normalized spacial score (nSPS) is 16.5. The van der Waals surface area contributed by atoms with Crippen LogP contribution in [-0.2, 0) is 14.3 Å². The van der Waals surface area contributed by atoms with Gasteiger partial charge in [-0.05, 0) is 25.9 Å². The molecule has 0 aromatic heterocycles. The maximum atomic E-state index is 11.8. The van der Waals surface area contributed by atoms with Crippen LogP contribution in [0.25, 0.3) is 0 Å². The number of nitrogens with zero attached hydrogens (tertiary/aromatic N) is 1. The summed E-state index contributed by atoms with van der Waals surface area (Å²) in [5.74, 6) is -0.500. The van der Waals surface area contributed by atoms with Gasteiger partial charge < -0.3 is 21.1 Å². The molecule has 0 saturated carbocycles. The highest BCUT2D eigenvalue weighted by Crippen LogP contribution is 2.11. The van der Waals surface area contributed by atoms with Gasteiger partial charge in [-0.15, -0.1) is 0 Å². The highest BCUT2D eigenvalue weighted by atomic mass is 16.5. The first-order valence-electron chi connectivity index (χ1n) is 6.62. The third kappa shape index (κ3) is 6.51. The molecule has 0 spiro atoms. The van der Waals surface area contributed by atoms with Gasteiger partial charge in [0.25, 0.3) is 0 Å². The van der Waals surface area contributed by atoms with Gasteiger partial charge in [0, 0.05) is 19.7 Å². The van der Waals surface area contributed by atoms with Crippen molar-refractivity contribution in [2.75, 3.05) is 46.4 Å². The smallest absolute Gasteiger partial charge is 0.234 e. The molecule has 1 fully saturated rings. The Kier molecular flexibility index (Phi) is 7.39. The molecule has 4 N–H and O–H groups in total. The van der Waals surface area contributed by atoms with Crippen molar-refractivity contribution < 1.29 is 14.3 Å². The van der Waals surface area contributed by atoms with Crippen molar-refractivity contribution in [3.05, 3.63) is 0 Å². The molecule has 7 nitrogen and oxygen atoms in total. The summed E-state index contributed by atoms with van der Waals surface area (Å²) < 4.78 is 4.87. The van der Waals surface area contributed by atoms with E-state index in [-0.39, 0.29) is 25.0 Å². The van der Waals surface area contributed by atoms with Gasteiger partial charge >= 0.3 is 0 Å². The second kappa shape index (κ2) is 8.84. The number of primary amides is 1. The summed E-state index contributed by atoms with van der Waals surface area (Å²) in [5, 5.41) is 6.01. The van der Waals surface area contributed by atoms with E-state index < -0.39 is 5.91 Å². The van der Waals surface area contributed by atoms with Crippen LogP contribution >= 0.6 is 0 Å². The lowest BCUT2D eigenvalue weighted by atomic mass is 10.0. The zero-order valence-electron chi connectivity index (χ0n) is 11.5. The largest absolute Gasteiger partial charge is 0.383 e. The minimum absolute atomic E-state index is 0.100. The number of rotatable bonds is 8.